The molecule has 0 N–H and O–H groups in total. The van der Waals surface area contributed by atoms with E-state index in [1.165, 1.54) is 6.07 Å². The van der Waals surface area contributed by atoms with Gasteiger partial charge in [-0.15, -0.1) is 0 Å². The zero-order valence-corrected chi connectivity index (χ0v) is 13.0. The Bertz CT molecular complexity index is 576. The van der Waals surface area contributed by atoms with Crippen LogP contribution in [0, 0.1) is 18.7 Å². The minimum Gasteiger partial charge on any atom is -0.272 e. The molecular formula is C15H18BrFN2. The van der Waals surface area contributed by atoms with Crippen LogP contribution in [0.2, 0.25) is 0 Å². The Morgan fingerprint density at radius 1 is 1.32 bits per heavy atom. The van der Waals surface area contributed by atoms with Gasteiger partial charge in [0, 0.05) is 23.6 Å². The second kappa shape index (κ2) is 5.87. The molecule has 2 aromatic rings. The zero-order chi connectivity index (χ0) is 14.0. The maximum absolute atomic E-state index is 13.3. The van der Waals surface area contributed by atoms with E-state index < -0.39 is 0 Å². The highest BCUT2D eigenvalue weighted by Crippen LogP contribution is 2.22. The summed E-state index contributed by atoms with van der Waals surface area (Å²) in [7, 11) is 0. The van der Waals surface area contributed by atoms with Gasteiger partial charge in [0.2, 0.25) is 0 Å². The van der Waals surface area contributed by atoms with Gasteiger partial charge in [0.05, 0.1) is 5.69 Å². The van der Waals surface area contributed by atoms with E-state index in [0.717, 1.165) is 27.8 Å². The van der Waals surface area contributed by atoms with Crippen LogP contribution in [-0.2, 0) is 13.0 Å². The van der Waals surface area contributed by atoms with Crippen molar-refractivity contribution in [3.8, 4) is 0 Å². The third-order valence-electron chi connectivity index (χ3n) is 2.99. The molecule has 0 aliphatic rings. The molecule has 0 unspecified atom stereocenters. The second-order valence-electron chi connectivity index (χ2n) is 5.27. The average molecular weight is 325 g/mol. The van der Waals surface area contributed by atoms with Crippen LogP contribution in [0.1, 0.15) is 30.7 Å². The van der Waals surface area contributed by atoms with Gasteiger partial charge in [0.25, 0.3) is 0 Å². The molecule has 19 heavy (non-hydrogen) atoms. The van der Waals surface area contributed by atoms with E-state index in [9.17, 15) is 4.39 Å². The Labute approximate surface area is 121 Å². The molecule has 0 aliphatic heterocycles. The van der Waals surface area contributed by atoms with Crippen LogP contribution >= 0.6 is 15.9 Å². The lowest BCUT2D eigenvalue weighted by molar-refractivity contribution is 0.481. The van der Waals surface area contributed by atoms with Gasteiger partial charge in [-0.2, -0.15) is 5.10 Å². The number of rotatable bonds is 4. The maximum Gasteiger partial charge on any atom is 0.123 e. The molecule has 1 aromatic carbocycles. The smallest absolute Gasteiger partial charge is 0.123 e. The van der Waals surface area contributed by atoms with Crippen molar-refractivity contribution in [3.05, 3.63) is 51.5 Å². The molecule has 4 heteroatoms. The van der Waals surface area contributed by atoms with Gasteiger partial charge in [0.15, 0.2) is 0 Å². The standard InChI is InChI=1S/C15H18BrFN2/c1-10(2)8-19-9-13(11(3)18-19)6-12-7-14(17)4-5-15(12)16/h4-5,7,9-10H,6,8H2,1-3H3. The molecule has 0 amide bonds. The third kappa shape index (κ3) is 3.66. The van der Waals surface area contributed by atoms with Crippen LogP contribution in [0.4, 0.5) is 4.39 Å². The van der Waals surface area contributed by atoms with Gasteiger partial charge in [-0.3, -0.25) is 4.68 Å². The van der Waals surface area contributed by atoms with Crippen molar-refractivity contribution in [1.82, 2.24) is 9.78 Å². The molecule has 0 fully saturated rings. The van der Waals surface area contributed by atoms with Gasteiger partial charge in [-0.05, 0) is 42.2 Å². The molecule has 0 spiro atoms. The Morgan fingerprint density at radius 2 is 2.05 bits per heavy atom. The first-order valence-corrected chi connectivity index (χ1v) is 7.22. The lowest BCUT2D eigenvalue weighted by Crippen LogP contribution is -2.04. The Morgan fingerprint density at radius 3 is 2.74 bits per heavy atom. The molecule has 1 heterocycles. The van der Waals surface area contributed by atoms with Crippen LogP contribution in [-0.4, -0.2) is 9.78 Å². The fourth-order valence-corrected chi connectivity index (χ4v) is 2.47. The van der Waals surface area contributed by atoms with Crippen molar-refractivity contribution >= 4 is 15.9 Å². The third-order valence-corrected chi connectivity index (χ3v) is 3.76. The molecule has 0 bridgehead atoms. The van der Waals surface area contributed by atoms with Gasteiger partial charge < -0.3 is 0 Å². The molecule has 0 saturated carbocycles. The summed E-state index contributed by atoms with van der Waals surface area (Å²) in [6.45, 7) is 7.24. The number of hydrogen-bond donors (Lipinski definition) is 0. The molecular weight excluding hydrogens is 307 g/mol. The molecule has 2 rings (SSSR count). The lowest BCUT2D eigenvalue weighted by Gasteiger charge is -2.04. The molecule has 0 atom stereocenters. The number of benzene rings is 1. The van der Waals surface area contributed by atoms with E-state index in [0.29, 0.717) is 12.3 Å². The van der Waals surface area contributed by atoms with Crippen LogP contribution in [0.25, 0.3) is 0 Å². The van der Waals surface area contributed by atoms with E-state index >= 15 is 0 Å². The van der Waals surface area contributed by atoms with E-state index in [1.807, 2.05) is 11.6 Å². The van der Waals surface area contributed by atoms with E-state index in [2.05, 4.69) is 41.1 Å². The molecule has 0 saturated heterocycles. The van der Waals surface area contributed by atoms with Crippen molar-refractivity contribution in [2.75, 3.05) is 0 Å². The van der Waals surface area contributed by atoms with Crippen molar-refractivity contribution < 1.29 is 4.39 Å². The first-order valence-electron chi connectivity index (χ1n) is 6.42. The fourth-order valence-electron chi connectivity index (χ4n) is 2.08. The highest BCUT2D eigenvalue weighted by Gasteiger charge is 2.09. The minimum absolute atomic E-state index is 0.203. The summed E-state index contributed by atoms with van der Waals surface area (Å²) in [6.07, 6.45) is 2.76. The first-order chi connectivity index (χ1) is 8.95. The highest BCUT2D eigenvalue weighted by atomic mass is 79.9. The number of hydrogen-bond acceptors (Lipinski definition) is 1. The molecule has 1 aromatic heterocycles. The SMILES string of the molecule is Cc1nn(CC(C)C)cc1Cc1cc(F)ccc1Br. The molecule has 102 valence electrons. The summed E-state index contributed by atoms with van der Waals surface area (Å²) in [6, 6.07) is 4.78. The molecule has 0 aliphatic carbocycles. The van der Waals surface area contributed by atoms with Crippen molar-refractivity contribution in [1.29, 1.82) is 0 Å². The monoisotopic (exact) mass is 324 g/mol. The number of aromatic nitrogens is 2. The normalized spacial score (nSPS) is 11.3. The Balaban J connectivity index is 2.23. The predicted octanol–water partition coefficient (Wildman–Crippen LogP) is 4.34. The van der Waals surface area contributed by atoms with Crippen molar-refractivity contribution in [2.45, 2.75) is 33.7 Å². The Kier molecular flexibility index (Phi) is 4.40. The van der Waals surface area contributed by atoms with Crippen LogP contribution < -0.4 is 0 Å². The zero-order valence-electron chi connectivity index (χ0n) is 11.5. The first kappa shape index (κ1) is 14.3. The average Bonchev–Trinajstić information content (AvgIpc) is 2.63. The van der Waals surface area contributed by atoms with Gasteiger partial charge in [-0.25, -0.2) is 4.39 Å². The van der Waals surface area contributed by atoms with Gasteiger partial charge >= 0.3 is 0 Å². The van der Waals surface area contributed by atoms with Crippen molar-refractivity contribution in [3.63, 3.8) is 0 Å². The molecule has 0 radical (unpaired) electrons. The van der Waals surface area contributed by atoms with Crippen LogP contribution in [0.15, 0.2) is 28.9 Å². The summed E-state index contributed by atoms with van der Waals surface area (Å²) in [5, 5.41) is 4.51. The molecule has 2 nitrogen and oxygen atoms in total. The number of aryl methyl sites for hydroxylation is 1. The topological polar surface area (TPSA) is 17.8 Å². The lowest BCUT2D eigenvalue weighted by atomic mass is 10.1. The Hall–Kier alpha value is -1.16. The van der Waals surface area contributed by atoms with Crippen LogP contribution in [0.5, 0.6) is 0 Å². The number of nitrogens with zero attached hydrogens (tertiary/aromatic N) is 2. The second-order valence-corrected chi connectivity index (χ2v) is 6.12. The van der Waals surface area contributed by atoms with E-state index in [1.54, 1.807) is 12.1 Å². The highest BCUT2D eigenvalue weighted by molar-refractivity contribution is 9.10. The summed E-state index contributed by atoms with van der Waals surface area (Å²) in [5.41, 5.74) is 3.11. The summed E-state index contributed by atoms with van der Waals surface area (Å²) < 4.78 is 16.2. The van der Waals surface area contributed by atoms with Crippen LogP contribution in [0.3, 0.4) is 0 Å². The fraction of sp³-hybridized carbons (Fsp3) is 0.400. The maximum atomic E-state index is 13.3. The largest absolute Gasteiger partial charge is 0.272 e. The van der Waals surface area contributed by atoms with Crippen molar-refractivity contribution in [2.24, 2.45) is 5.92 Å². The van der Waals surface area contributed by atoms with Gasteiger partial charge in [-0.1, -0.05) is 29.8 Å². The quantitative estimate of drug-likeness (QED) is 0.818. The van der Waals surface area contributed by atoms with Gasteiger partial charge in [0.1, 0.15) is 5.82 Å². The summed E-state index contributed by atoms with van der Waals surface area (Å²) in [5.74, 6) is 0.360. The minimum atomic E-state index is -0.203. The number of halogens is 2. The summed E-state index contributed by atoms with van der Waals surface area (Å²) >= 11 is 3.47. The summed E-state index contributed by atoms with van der Waals surface area (Å²) in [4.78, 5) is 0. The van der Waals surface area contributed by atoms with E-state index in [-0.39, 0.29) is 5.82 Å². The predicted molar refractivity (Wildman–Crippen MR) is 78.7 cm³/mol. The van der Waals surface area contributed by atoms with E-state index in [4.69, 9.17) is 0 Å².